The molecule has 57 heavy (non-hydrogen) atoms. The normalized spacial score (nSPS) is 20.3. The Labute approximate surface area is 332 Å². The van der Waals surface area contributed by atoms with Gasteiger partial charge in [-0.15, -0.1) is 5.10 Å². The second-order valence-corrected chi connectivity index (χ2v) is 15.9. The van der Waals surface area contributed by atoms with Crippen LogP contribution in [0.3, 0.4) is 0 Å². The molecule has 8 rings (SSSR count). The molecule has 0 bridgehead atoms. The molecule has 10 nitrogen and oxygen atoms in total. The van der Waals surface area contributed by atoms with Crippen molar-refractivity contribution in [2.45, 2.75) is 51.6 Å². The predicted molar refractivity (Wildman–Crippen MR) is 218 cm³/mol. The number of hydrogen-bond acceptors (Lipinski definition) is 7. The Hall–Kier alpha value is -6.45. The highest BCUT2D eigenvalue weighted by Gasteiger charge is 2.52. The molecular formula is C45H40FN6O4S+. The van der Waals surface area contributed by atoms with Crippen molar-refractivity contribution in [2.24, 2.45) is 11.3 Å². The largest absolute Gasteiger partial charge is 0.481 e. The van der Waals surface area contributed by atoms with E-state index in [1.807, 2.05) is 77.4 Å². The van der Waals surface area contributed by atoms with Crippen LogP contribution in [0.15, 0.2) is 121 Å². The number of likely N-dealkylation sites (tertiary alicyclic amines) is 1. The molecule has 2 aromatic heterocycles. The Bertz CT molecular complexity index is 2720. The molecule has 0 spiro atoms. The molecule has 2 aliphatic rings. The van der Waals surface area contributed by atoms with Crippen LogP contribution in [0.25, 0.3) is 43.8 Å². The number of nitrogens with zero attached hydrogens (tertiary/aromatic N) is 6. The number of halogens is 1. The van der Waals surface area contributed by atoms with Crippen LogP contribution < -0.4 is 4.57 Å². The zero-order valence-electron chi connectivity index (χ0n) is 31.3. The van der Waals surface area contributed by atoms with Gasteiger partial charge in [0, 0.05) is 23.7 Å². The van der Waals surface area contributed by atoms with Crippen molar-refractivity contribution in [2.75, 3.05) is 6.54 Å². The minimum atomic E-state index is -0.912. The third-order valence-corrected chi connectivity index (χ3v) is 12.5. The number of aliphatic carboxylic acids is 2. The van der Waals surface area contributed by atoms with Crippen molar-refractivity contribution in [3.8, 4) is 11.8 Å². The molecule has 3 unspecified atom stereocenters. The molecule has 12 heteroatoms. The number of nitriles is 1. The van der Waals surface area contributed by atoms with Gasteiger partial charge in [0.15, 0.2) is 6.54 Å². The van der Waals surface area contributed by atoms with Crippen LogP contribution in [-0.2, 0) is 22.6 Å². The van der Waals surface area contributed by atoms with E-state index < -0.39 is 17.4 Å². The number of allylic oxidation sites excluding steroid dienone is 6. The number of carboxylic acids is 2. The van der Waals surface area contributed by atoms with Gasteiger partial charge in [-0.3, -0.25) is 9.59 Å². The molecule has 3 atom stereocenters. The van der Waals surface area contributed by atoms with E-state index in [1.54, 1.807) is 22.9 Å². The van der Waals surface area contributed by atoms with E-state index in [0.29, 0.717) is 28.8 Å². The first-order valence-electron chi connectivity index (χ1n) is 19.0. The summed E-state index contributed by atoms with van der Waals surface area (Å²) in [5.74, 6) is -2.12. The Kier molecular flexibility index (Phi) is 10.3. The Morgan fingerprint density at radius 3 is 2.68 bits per heavy atom. The first kappa shape index (κ1) is 37.5. The molecule has 4 aromatic carbocycles. The van der Waals surface area contributed by atoms with Gasteiger partial charge in [0.25, 0.3) is 5.01 Å². The van der Waals surface area contributed by atoms with Crippen LogP contribution in [0.1, 0.15) is 43.2 Å². The minimum Gasteiger partial charge on any atom is -0.481 e. The molecule has 3 heterocycles. The van der Waals surface area contributed by atoms with Gasteiger partial charge >= 0.3 is 11.9 Å². The van der Waals surface area contributed by atoms with Gasteiger partial charge < -0.3 is 15.1 Å². The minimum absolute atomic E-state index is 0.0597. The molecule has 0 saturated carbocycles. The molecule has 1 aliphatic carbocycles. The maximum Gasteiger partial charge on any atom is 0.309 e. The third-order valence-electron chi connectivity index (χ3n) is 11.3. The summed E-state index contributed by atoms with van der Waals surface area (Å²) in [6, 6.07) is 26.9. The lowest BCUT2D eigenvalue weighted by molar-refractivity contribution is -0.667. The maximum atomic E-state index is 16.2. The summed E-state index contributed by atoms with van der Waals surface area (Å²) in [4.78, 5) is 25.7. The Balaban J connectivity index is 1.17. The number of benzene rings is 4. The fraction of sp³-hybridized carbons (Fsp3) is 0.244. The fourth-order valence-electron chi connectivity index (χ4n) is 8.66. The highest BCUT2D eigenvalue weighted by Crippen LogP contribution is 2.54. The Morgan fingerprint density at radius 1 is 1.07 bits per heavy atom. The number of aromatic nitrogens is 4. The van der Waals surface area contributed by atoms with E-state index in [9.17, 15) is 25.1 Å². The summed E-state index contributed by atoms with van der Waals surface area (Å²) < 4.78 is 20.8. The lowest BCUT2D eigenvalue weighted by atomic mass is 9.68. The Morgan fingerprint density at radius 2 is 1.88 bits per heavy atom. The van der Waals surface area contributed by atoms with E-state index in [0.717, 1.165) is 50.1 Å². The summed E-state index contributed by atoms with van der Waals surface area (Å²) in [7, 11) is 0. The number of hydrogen-bond donors (Lipinski definition) is 2. The van der Waals surface area contributed by atoms with Gasteiger partial charge in [-0.1, -0.05) is 78.1 Å². The maximum absolute atomic E-state index is 16.2. The van der Waals surface area contributed by atoms with Gasteiger partial charge in [-0.2, -0.15) is 9.83 Å². The molecular weight excluding hydrogens is 740 g/mol. The molecule has 2 N–H and O–H groups in total. The number of thiazole rings is 1. The number of para-hydroxylation sites is 1. The SMILES string of the molecule is CC1(Cc2ccc(-n3nnc4ccccc43)cc2F)C(=CC=C(C#N)C=Cc2sc3ccc4ccccc4c3[n+]2CCC(=O)O)N(CCC(=O)O)C2C=CCCC21. The van der Waals surface area contributed by atoms with Crippen LogP contribution in [0, 0.1) is 28.5 Å². The average Bonchev–Trinajstić information content (AvgIpc) is 3.87. The second-order valence-electron chi connectivity index (χ2n) is 14.8. The van der Waals surface area contributed by atoms with Gasteiger partial charge in [0.05, 0.1) is 40.7 Å². The average molecular weight is 780 g/mol. The standard InChI is InChI=1S/C45H39FN6O4S/c1-45(27-31-16-18-32(26-35(31)46)52-38-13-7-5-11-36(38)48-49-52)34-10-4-6-12-37(34)50(24-22-42(53)54)40(45)20-14-29(28-47)15-21-41-51(25-23-43(55)56)44-33-9-3-2-8-30(33)17-19-39(44)57-41/h2-3,5-9,11-21,26,34,37H,4,10,22-25,27H2,1H3,(H-,53,54,55,56)/p+1. The van der Waals surface area contributed by atoms with E-state index in [1.165, 1.54) is 17.4 Å². The number of carbonyl (C=O) groups is 2. The summed E-state index contributed by atoms with van der Waals surface area (Å²) in [5.41, 5.74) is 4.11. The van der Waals surface area contributed by atoms with Crippen molar-refractivity contribution in [3.63, 3.8) is 0 Å². The zero-order valence-corrected chi connectivity index (χ0v) is 32.1. The van der Waals surface area contributed by atoms with Crippen LogP contribution >= 0.6 is 11.3 Å². The summed E-state index contributed by atoms with van der Waals surface area (Å²) in [6.45, 7) is 2.64. The fourth-order valence-corrected chi connectivity index (χ4v) is 9.77. The van der Waals surface area contributed by atoms with E-state index in [4.69, 9.17) is 0 Å². The molecule has 1 saturated heterocycles. The highest BCUT2D eigenvalue weighted by atomic mass is 32.1. The van der Waals surface area contributed by atoms with E-state index in [-0.39, 0.29) is 43.7 Å². The zero-order chi connectivity index (χ0) is 39.7. The lowest BCUT2D eigenvalue weighted by Gasteiger charge is -2.34. The topological polar surface area (TPSA) is 136 Å². The van der Waals surface area contributed by atoms with Crippen molar-refractivity contribution >= 4 is 61.4 Å². The number of carboxylic acid groups (broad SMARTS) is 2. The first-order chi connectivity index (χ1) is 27.6. The first-order valence-corrected chi connectivity index (χ1v) is 19.8. The number of fused-ring (bicyclic) bond motifs is 5. The molecule has 1 fully saturated rings. The van der Waals surface area contributed by atoms with Crippen molar-refractivity contribution in [1.29, 1.82) is 5.26 Å². The highest BCUT2D eigenvalue weighted by molar-refractivity contribution is 7.19. The second kappa shape index (κ2) is 15.6. The smallest absolute Gasteiger partial charge is 0.309 e. The summed E-state index contributed by atoms with van der Waals surface area (Å²) >= 11 is 1.53. The molecule has 0 amide bonds. The third kappa shape index (κ3) is 7.22. The number of aryl methyl sites for hydroxylation is 1. The van der Waals surface area contributed by atoms with Gasteiger partial charge in [0.1, 0.15) is 22.5 Å². The molecule has 286 valence electrons. The summed E-state index contributed by atoms with van der Waals surface area (Å²) in [5, 5.41) is 41.0. The van der Waals surface area contributed by atoms with E-state index >= 15 is 4.39 Å². The number of rotatable bonds is 12. The van der Waals surface area contributed by atoms with Gasteiger partial charge in [-0.05, 0) is 90.8 Å². The quantitative estimate of drug-likeness (QED) is 0.0547. The predicted octanol–water partition coefficient (Wildman–Crippen LogP) is 8.41. The molecule has 1 aliphatic heterocycles. The molecule has 0 radical (unpaired) electrons. The van der Waals surface area contributed by atoms with Crippen LogP contribution in [0.2, 0.25) is 0 Å². The van der Waals surface area contributed by atoms with Crippen LogP contribution in [-0.4, -0.2) is 54.6 Å². The van der Waals surface area contributed by atoms with Gasteiger partial charge in [0.2, 0.25) is 5.52 Å². The van der Waals surface area contributed by atoms with Gasteiger partial charge in [-0.25, -0.2) is 9.07 Å². The van der Waals surface area contributed by atoms with Crippen molar-refractivity contribution in [1.82, 2.24) is 19.9 Å². The van der Waals surface area contributed by atoms with Crippen LogP contribution in [0.4, 0.5) is 4.39 Å². The van der Waals surface area contributed by atoms with Crippen LogP contribution in [0.5, 0.6) is 0 Å². The lowest BCUT2D eigenvalue weighted by Crippen LogP contribution is -2.36. The summed E-state index contributed by atoms with van der Waals surface area (Å²) in [6.07, 6.45) is 13.4. The molecule has 6 aromatic rings. The van der Waals surface area contributed by atoms with Crippen molar-refractivity contribution < 1.29 is 28.8 Å². The van der Waals surface area contributed by atoms with E-state index in [2.05, 4.69) is 46.4 Å². The monoisotopic (exact) mass is 779 g/mol. The van der Waals surface area contributed by atoms with Crippen molar-refractivity contribution in [3.05, 3.63) is 137 Å².